The van der Waals surface area contributed by atoms with E-state index in [1.54, 1.807) is 11.4 Å². The van der Waals surface area contributed by atoms with Gasteiger partial charge in [-0.1, -0.05) is 0 Å². The third-order valence-electron chi connectivity index (χ3n) is 2.09. The van der Waals surface area contributed by atoms with Gasteiger partial charge in [0.25, 0.3) is 5.91 Å². The SMILES string of the molecule is COc1cc(C)nc(NC(=O)c2csc(I)c2)n1. The Hall–Kier alpha value is -1.22. The van der Waals surface area contributed by atoms with E-state index in [-0.39, 0.29) is 11.9 Å². The summed E-state index contributed by atoms with van der Waals surface area (Å²) in [6.07, 6.45) is 0. The molecule has 2 aromatic rings. The van der Waals surface area contributed by atoms with Crippen molar-refractivity contribution in [3.05, 3.63) is 31.7 Å². The molecule has 0 spiro atoms. The lowest BCUT2D eigenvalue weighted by molar-refractivity contribution is 0.102. The molecule has 0 aromatic carbocycles. The number of nitrogens with one attached hydrogen (secondary N) is 1. The molecule has 0 radical (unpaired) electrons. The summed E-state index contributed by atoms with van der Waals surface area (Å²) < 4.78 is 6.08. The van der Waals surface area contributed by atoms with E-state index in [1.165, 1.54) is 18.4 Å². The molecule has 0 aliphatic heterocycles. The number of anilines is 1. The minimum atomic E-state index is -0.221. The van der Waals surface area contributed by atoms with Crippen LogP contribution < -0.4 is 10.1 Å². The predicted molar refractivity (Wildman–Crippen MR) is 78.3 cm³/mol. The fraction of sp³-hybridized carbons (Fsp3) is 0.182. The minimum absolute atomic E-state index is 0.221. The minimum Gasteiger partial charge on any atom is -0.481 e. The molecule has 2 rings (SSSR count). The molecule has 0 atom stereocenters. The summed E-state index contributed by atoms with van der Waals surface area (Å²) >= 11 is 3.68. The first-order valence-electron chi connectivity index (χ1n) is 5.03. The van der Waals surface area contributed by atoms with Crippen molar-refractivity contribution in [1.82, 2.24) is 9.97 Å². The van der Waals surface area contributed by atoms with Crippen molar-refractivity contribution in [2.45, 2.75) is 6.92 Å². The van der Waals surface area contributed by atoms with E-state index in [2.05, 4.69) is 37.9 Å². The van der Waals surface area contributed by atoms with E-state index in [0.29, 0.717) is 11.4 Å². The average molecular weight is 375 g/mol. The van der Waals surface area contributed by atoms with Gasteiger partial charge in [0.15, 0.2) is 0 Å². The molecule has 1 amide bonds. The molecule has 2 heterocycles. The first-order valence-corrected chi connectivity index (χ1v) is 6.99. The molecule has 0 saturated heterocycles. The van der Waals surface area contributed by atoms with Gasteiger partial charge in [0.1, 0.15) is 0 Å². The number of halogens is 1. The number of aromatic nitrogens is 2. The van der Waals surface area contributed by atoms with Gasteiger partial charge in [-0.05, 0) is 35.6 Å². The van der Waals surface area contributed by atoms with Crippen molar-refractivity contribution in [3.8, 4) is 5.88 Å². The van der Waals surface area contributed by atoms with E-state index >= 15 is 0 Å². The predicted octanol–water partition coefficient (Wildman–Crippen LogP) is 2.71. The second-order valence-corrected chi connectivity index (χ2v) is 6.27. The van der Waals surface area contributed by atoms with Gasteiger partial charge >= 0.3 is 0 Å². The van der Waals surface area contributed by atoms with Gasteiger partial charge in [-0.25, -0.2) is 4.98 Å². The number of nitrogens with zero attached hydrogens (tertiary/aromatic N) is 2. The summed E-state index contributed by atoms with van der Waals surface area (Å²) in [5, 5.41) is 4.45. The number of aryl methyl sites for hydroxylation is 1. The highest BCUT2D eigenvalue weighted by molar-refractivity contribution is 14.1. The summed E-state index contributed by atoms with van der Waals surface area (Å²) in [6.45, 7) is 1.81. The highest BCUT2D eigenvalue weighted by Gasteiger charge is 2.11. The summed E-state index contributed by atoms with van der Waals surface area (Å²) in [6, 6.07) is 3.51. The molecule has 0 aliphatic rings. The zero-order chi connectivity index (χ0) is 13.1. The van der Waals surface area contributed by atoms with Gasteiger partial charge in [0.2, 0.25) is 11.8 Å². The molecule has 0 unspecified atom stereocenters. The van der Waals surface area contributed by atoms with Crippen LogP contribution in [-0.4, -0.2) is 23.0 Å². The van der Waals surface area contributed by atoms with Gasteiger partial charge in [-0.15, -0.1) is 11.3 Å². The molecule has 1 N–H and O–H groups in total. The van der Waals surface area contributed by atoms with E-state index in [1.807, 2.05) is 13.0 Å². The maximum Gasteiger partial charge on any atom is 0.258 e. The summed E-state index contributed by atoms with van der Waals surface area (Å²) in [4.78, 5) is 20.1. The number of amides is 1. The van der Waals surface area contributed by atoms with Crippen LogP contribution in [0.1, 0.15) is 16.1 Å². The Bertz CT molecular complexity index is 585. The normalized spacial score (nSPS) is 10.2. The number of thiophene rings is 1. The van der Waals surface area contributed by atoms with Crippen molar-refractivity contribution in [2.75, 3.05) is 12.4 Å². The summed E-state index contributed by atoms with van der Waals surface area (Å²) in [5.41, 5.74) is 1.34. The highest BCUT2D eigenvalue weighted by Crippen LogP contribution is 2.18. The molecule has 5 nitrogen and oxygen atoms in total. The van der Waals surface area contributed by atoms with E-state index in [4.69, 9.17) is 4.74 Å². The number of carbonyl (C=O) groups is 1. The lowest BCUT2D eigenvalue weighted by Gasteiger charge is -2.05. The number of hydrogen-bond acceptors (Lipinski definition) is 5. The van der Waals surface area contributed by atoms with Gasteiger partial charge in [-0.2, -0.15) is 4.98 Å². The molecule has 0 fully saturated rings. The van der Waals surface area contributed by atoms with Gasteiger partial charge in [0.05, 0.1) is 15.6 Å². The summed E-state index contributed by atoms with van der Waals surface area (Å²) in [5.74, 6) is 0.456. The number of rotatable bonds is 3. The number of methoxy groups -OCH3 is 1. The lowest BCUT2D eigenvalue weighted by Crippen LogP contribution is -2.14. The van der Waals surface area contributed by atoms with Crippen molar-refractivity contribution in [2.24, 2.45) is 0 Å². The maximum absolute atomic E-state index is 11.9. The van der Waals surface area contributed by atoms with Crippen LogP contribution in [0.4, 0.5) is 5.95 Å². The van der Waals surface area contributed by atoms with Crippen LogP contribution in [0.25, 0.3) is 0 Å². The van der Waals surface area contributed by atoms with Crippen LogP contribution in [0.2, 0.25) is 0 Å². The zero-order valence-corrected chi connectivity index (χ0v) is 12.7. The Morgan fingerprint density at radius 1 is 1.44 bits per heavy atom. The molecule has 18 heavy (non-hydrogen) atoms. The largest absolute Gasteiger partial charge is 0.481 e. The summed E-state index contributed by atoms with van der Waals surface area (Å²) in [7, 11) is 1.52. The quantitative estimate of drug-likeness (QED) is 0.838. The molecule has 0 aliphatic carbocycles. The van der Waals surface area contributed by atoms with Gasteiger partial charge in [-0.3, -0.25) is 10.1 Å². The Kier molecular flexibility index (Phi) is 4.12. The molecular formula is C11H10IN3O2S. The molecule has 0 bridgehead atoms. The molecule has 0 saturated carbocycles. The average Bonchev–Trinajstić information content (AvgIpc) is 2.75. The lowest BCUT2D eigenvalue weighted by atomic mass is 10.3. The van der Waals surface area contributed by atoms with Crippen LogP contribution in [0.15, 0.2) is 17.5 Å². The molecule has 94 valence electrons. The smallest absolute Gasteiger partial charge is 0.258 e. The van der Waals surface area contributed by atoms with Gasteiger partial charge < -0.3 is 4.74 Å². The van der Waals surface area contributed by atoms with Crippen molar-refractivity contribution < 1.29 is 9.53 Å². The second-order valence-electron chi connectivity index (χ2n) is 3.47. The first kappa shape index (κ1) is 13.2. The standard InChI is InChI=1S/C11H10IN3O2S/c1-6-3-9(17-2)14-11(13-6)15-10(16)7-4-8(12)18-5-7/h3-5H,1-2H3,(H,13,14,15,16). The molecular weight excluding hydrogens is 365 g/mol. The van der Waals surface area contributed by atoms with Crippen LogP contribution >= 0.6 is 33.9 Å². The van der Waals surface area contributed by atoms with Gasteiger partial charge in [0, 0.05) is 17.1 Å². The topological polar surface area (TPSA) is 64.1 Å². The van der Waals surface area contributed by atoms with E-state index in [9.17, 15) is 4.79 Å². The van der Waals surface area contributed by atoms with E-state index in [0.717, 1.165) is 8.58 Å². The van der Waals surface area contributed by atoms with Crippen molar-refractivity contribution in [3.63, 3.8) is 0 Å². The molecule has 7 heteroatoms. The Labute approximate surface area is 122 Å². The Morgan fingerprint density at radius 2 is 2.22 bits per heavy atom. The van der Waals surface area contributed by atoms with Crippen LogP contribution in [0, 0.1) is 9.81 Å². The second kappa shape index (κ2) is 5.61. The number of ether oxygens (including phenoxy) is 1. The fourth-order valence-electron chi connectivity index (χ4n) is 1.30. The van der Waals surface area contributed by atoms with Crippen LogP contribution in [-0.2, 0) is 0 Å². The third kappa shape index (κ3) is 3.16. The van der Waals surface area contributed by atoms with E-state index < -0.39 is 0 Å². The Morgan fingerprint density at radius 3 is 2.83 bits per heavy atom. The monoisotopic (exact) mass is 375 g/mol. The zero-order valence-electron chi connectivity index (χ0n) is 9.73. The van der Waals surface area contributed by atoms with Crippen molar-refractivity contribution in [1.29, 1.82) is 0 Å². The maximum atomic E-state index is 11.9. The number of hydrogen-bond donors (Lipinski definition) is 1. The number of carbonyl (C=O) groups excluding carboxylic acids is 1. The first-order chi connectivity index (χ1) is 8.58. The fourth-order valence-corrected chi connectivity index (χ4v) is 2.63. The van der Waals surface area contributed by atoms with Crippen LogP contribution in [0.5, 0.6) is 5.88 Å². The molecule has 2 aromatic heterocycles. The highest BCUT2D eigenvalue weighted by atomic mass is 127. The Balaban J connectivity index is 2.18. The third-order valence-corrected chi connectivity index (χ3v) is 3.88. The van der Waals surface area contributed by atoms with Crippen LogP contribution in [0.3, 0.4) is 0 Å². The van der Waals surface area contributed by atoms with Crippen molar-refractivity contribution >= 4 is 45.8 Å².